The molecule has 3 heteroatoms. The first-order valence-electron chi connectivity index (χ1n) is 4.78. The fraction of sp³-hybridized carbons (Fsp3) is 0.333. The van der Waals surface area contributed by atoms with Crippen molar-refractivity contribution in [1.29, 1.82) is 0 Å². The van der Waals surface area contributed by atoms with Crippen LogP contribution >= 0.6 is 0 Å². The summed E-state index contributed by atoms with van der Waals surface area (Å²) in [5.41, 5.74) is 0. The molecule has 0 unspecified atom stereocenters. The minimum atomic E-state index is -0.660. The third-order valence-electron chi connectivity index (χ3n) is 2.10. The molecule has 0 fully saturated rings. The number of hydrogen-bond acceptors (Lipinski definition) is 3. The second-order valence-corrected chi connectivity index (χ2v) is 3.22. The van der Waals surface area contributed by atoms with E-state index in [4.69, 9.17) is 9.47 Å². The number of ether oxygens (including phenoxy) is 2. The second-order valence-electron chi connectivity index (χ2n) is 3.22. The van der Waals surface area contributed by atoms with Crippen molar-refractivity contribution >= 4 is 0 Å². The fourth-order valence-corrected chi connectivity index (χ4v) is 1.13. The van der Waals surface area contributed by atoms with Crippen molar-refractivity contribution in [2.45, 2.75) is 19.1 Å². The summed E-state index contributed by atoms with van der Waals surface area (Å²) in [5.74, 6) is 1.48. The smallest absolute Gasteiger partial charge is 0.125 e. The van der Waals surface area contributed by atoms with Crippen molar-refractivity contribution in [1.82, 2.24) is 0 Å². The summed E-state index contributed by atoms with van der Waals surface area (Å²) in [5, 5.41) is 9.42. The summed E-state index contributed by atoms with van der Waals surface area (Å²) in [6.45, 7) is 5.29. The second kappa shape index (κ2) is 5.41. The first-order valence-corrected chi connectivity index (χ1v) is 4.78. The van der Waals surface area contributed by atoms with Gasteiger partial charge in [-0.2, -0.15) is 0 Å². The van der Waals surface area contributed by atoms with E-state index in [2.05, 4.69) is 6.58 Å². The normalized spacial score (nSPS) is 14.1. The number of rotatable bonds is 5. The monoisotopic (exact) mass is 208 g/mol. The third kappa shape index (κ3) is 3.29. The Labute approximate surface area is 90.0 Å². The molecular formula is C12H16O3. The topological polar surface area (TPSA) is 38.7 Å². The number of hydrogen-bond donors (Lipinski definition) is 1. The van der Waals surface area contributed by atoms with Crippen molar-refractivity contribution < 1.29 is 14.6 Å². The lowest BCUT2D eigenvalue weighted by Crippen LogP contribution is -2.26. The molecule has 0 aromatic heterocycles. The van der Waals surface area contributed by atoms with Crippen LogP contribution in [0.2, 0.25) is 0 Å². The Hall–Kier alpha value is -1.48. The maximum atomic E-state index is 9.42. The van der Waals surface area contributed by atoms with E-state index in [-0.39, 0.29) is 6.10 Å². The molecule has 0 amide bonds. The highest BCUT2D eigenvalue weighted by Gasteiger charge is 2.11. The van der Waals surface area contributed by atoms with Gasteiger partial charge < -0.3 is 14.6 Å². The number of aliphatic hydroxyl groups excluding tert-OH is 1. The van der Waals surface area contributed by atoms with E-state index in [9.17, 15) is 5.11 Å². The van der Waals surface area contributed by atoms with Gasteiger partial charge in [0.2, 0.25) is 0 Å². The SMILES string of the molecule is C=C[C@H](O)[C@@H](C)Oc1ccc(OC)cc1. The van der Waals surface area contributed by atoms with Crippen LogP contribution in [0.5, 0.6) is 11.5 Å². The van der Waals surface area contributed by atoms with E-state index in [0.29, 0.717) is 5.75 Å². The molecule has 0 aliphatic heterocycles. The molecule has 0 aliphatic carbocycles. The molecule has 15 heavy (non-hydrogen) atoms. The summed E-state index contributed by atoms with van der Waals surface area (Å²) in [6, 6.07) is 7.21. The van der Waals surface area contributed by atoms with Gasteiger partial charge in [0.1, 0.15) is 23.7 Å². The van der Waals surface area contributed by atoms with Gasteiger partial charge in [-0.1, -0.05) is 6.08 Å². The lowest BCUT2D eigenvalue weighted by atomic mass is 10.2. The Balaban J connectivity index is 2.60. The average Bonchev–Trinajstić information content (AvgIpc) is 2.29. The molecule has 2 atom stereocenters. The van der Waals surface area contributed by atoms with Gasteiger partial charge in [0.15, 0.2) is 0 Å². The van der Waals surface area contributed by atoms with Gasteiger partial charge in [-0.3, -0.25) is 0 Å². The largest absolute Gasteiger partial charge is 0.497 e. The van der Waals surface area contributed by atoms with E-state index in [1.165, 1.54) is 6.08 Å². The zero-order chi connectivity index (χ0) is 11.3. The summed E-state index contributed by atoms with van der Waals surface area (Å²) < 4.78 is 10.5. The minimum Gasteiger partial charge on any atom is -0.497 e. The predicted molar refractivity (Wildman–Crippen MR) is 59.3 cm³/mol. The van der Waals surface area contributed by atoms with E-state index >= 15 is 0 Å². The Morgan fingerprint density at radius 3 is 2.27 bits per heavy atom. The summed E-state index contributed by atoms with van der Waals surface area (Å²) in [6.07, 6.45) is 0.483. The van der Waals surface area contributed by atoms with Gasteiger partial charge in [0.25, 0.3) is 0 Å². The molecule has 3 nitrogen and oxygen atoms in total. The molecule has 1 N–H and O–H groups in total. The molecule has 0 saturated carbocycles. The Morgan fingerprint density at radius 1 is 1.27 bits per heavy atom. The van der Waals surface area contributed by atoms with Crippen LogP contribution in [-0.2, 0) is 0 Å². The fourth-order valence-electron chi connectivity index (χ4n) is 1.13. The van der Waals surface area contributed by atoms with Gasteiger partial charge in [-0.25, -0.2) is 0 Å². The number of methoxy groups -OCH3 is 1. The maximum absolute atomic E-state index is 9.42. The van der Waals surface area contributed by atoms with Gasteiger partial charge in [0.05, 0.1) is 7.11 Å². The highest BCUT2D eigenvalue weighted by Crippen LogP contribution is 2.18. The highest BCUT2D eigenvalue weighted by molar-refractivity contribution is 5.31. The maximum Gasteiger partial charge on any atom is 0.125 e. The number of benzene rings is 1. The molecule has 1 aromatic carbocycles. The van der Waals surface area contributed by atoms with Gasteiger partial charge >= 0.3 is 0 Å². The van der Waals surface area contributed by atoms with Crippen molar-refractivity contribution in [3.05, 3.63) is 36.9 Å². The standard InChI is InChI=1S/C12H16O3/c1-4-12(13)9(2)15-11-7-5-10(14-3)6-8-11/h4-9,12-13H,1H2,2-3H3/t9-,12+/m1/s1. The van der Waals surface area contributed by atoms with E-state index in [0.717, 1.165) is 5.75 Å². The van der Waals surface area contributed by atoms with E-state index < -0.39 is 6.10 Å². The zero-order valence-electron chi connectivity index (χ0n) is 9.01. The highest BCUT2D eigenvalue weighted by atomic mass is 16.5. The first kappa shape index (κ1) is 11.6. The Morgan fingerprint density at radius 2 is 1.80 bits per heavy atom. The van der Waals surface area contributed by atoms with Crippen molar-refractivity contribution in [2.24, 2.45) is 0 Å². The molecule has 1 rings (SSSR count). The van der Waals surface area contributed by atoms with Crippen LogP contribution in [0.25, 0.3) is 0 Å². The van der Waals surface area contributed by atoms with Gasteiger partial charge in [-0.15, -0.1) is 6.58 Å². The van der Waals surface area contributed by atoms with Crippen LogP contribution in [0.4, 0.5) is 0 Å². The first-order chi connectivity index (χ1) is 7.17. The van der Waals surface area contributed by atoms with Crippen LogP contribution in [0.1, 0.15) is 6.92 Å². The van der Waals surface area contributed by atoms with Gasteiger partial charge in [-0.05, 0) is 31.2 Å². The molecule has 0 radical (unpaired) electrons. The molecule has 0 spiro atoms. The van der Waals surface area contributed by atoms with E-state index in [1.807, 2.05) is 12.1 Å². The van der Waals surface area contributed by atoms with Crippen LogP contribution in [-0.4, -0.2) is 24.4 Å². The summed E-state index contributed by atoms with van der Waals surface area (Å²) in [7, 11) is 1.61. The molecule has 0 saturated heterocycles. The van der Waals surface area contributed by atoms with Gasteiger partial charge in [0, 0.05) is 0 Å². The summed E-state index contributed by atoms with van der Waals surface area (Å²) >= 11 is 0. The molecular weight excluding hydrogens is 192 g/mol. The summed E-state index contributed by atoms with van der Waals surface area (Å²) in [4.78, 5) is 0. The predicted octanol–water partition coefficient (Wildman–Crippen LogP) is 2.01. The Bertz CT molecular complexity index is 305. The Kier molecular flexibility index (Phi) is 4.18. The third-order valence-corrected chi connectivity index (χ3v) is 2.10. The van der Waals surface area contributed by atoms with E-state index in [1.54, 1.807) is 26.2 Å². The molecule has 1 aromatic rings. The lowest BCUT2D eigenvalue weighted by molar-refractivity contribution is 0.0796. The van der Waals surface area contributed by atoms with Crippen molar-refractivity contribution in [2.75, 3.05) is 7.11 Å². The average molecular weight is 208 g/mol. The quantitative estimate of drug-likeness (QED) is 0.752. The van der Waals surface area contributed by atoms with Crippen molar-refractivity contribution in [3.8, 4) is 11.5 Å². The van der Waals surface area contributed by atoms with Crippen LogP contribution in [0.3, 0.4) is 0 Å². The zero-order valence-corrected chi connectivity index (χ0v) is 9.01. The lowest BCUT2D eigenvalue weighted by Gasteiger charge is -2.17. The molecule has 0 heterocycles. The van der Waals surface area contributed by atoms with Crippen molar-refractivity contribution in [3.63, 3.8) is 0 Å². The molecule has 0 bridgehead atoms. The van der Waals surface area contributed by atoms with Crippen LogP contribution in [0, 0.1) is 0 Å². The molecule has 0 aliphatic rings. The van der Waals surface area contributed by atoms with Crippen LogP contribution < -0.4 is 9.47 Å². The molecule has 82 valence electrons. The van der Waals surface area contributed by atoms with Crippen LogP contribution in [0.15, 0.2) is 36.9 Å². The minimum absolute atomic E-state index is 0.309. The number of aliphatic hydroxyl groups is 1.